The number of rotatable bonds is 12. The molecule has 0 radical (unpaired) electrons. The lowest BCUT2D eigenvalue weighted by atomic mass is 10.1. The van der Waals surface area contributed by atoms with E-state index >= 15 is 0 Å². The van der Waals surface area contributed by atoms with Crippen LogP contribution in [0.4, 0.5) is 0 Å². The van der Waals surface area contributed by atoms with Crippen molar-refractivity contribution >= 4 is 0 Å². The van der Waals surface area contributed by atoms with Gasteiger partial charge in [0.1, 0.15) is 6.61 Å². The summed E-state index contributed by atoms with van der Waals surface area (Å²) in [5, 5.41) is 15.8. The monoisotopic (exact) mass is 372 g/mol. The van der Waals surface area contributed by atoms with E-state index in [1.807, 2.05) is 19.1 Å². The lowest BCUT2D eigenvalue weighted by molar-refractivity contribution is 0.191. The van der Waals surface area contributed by atoms with Gasteiger partial charge >= 0.3 is 0 Å². The third-order valence-corrected chi connectivity index (χ3v) is 4.07. The van der Waals surface area contributed by atoms with Gasteiger partial charge in [0.25, 0.3) is 0 Å². The lowest BCUT2D eigenvalue weighted by Gasteiger charge is -2.14. The zero-order valence-corrected chi connectivity index (χ0v) is 16.6. The topological polar surface area (TPSA) is 62.8 Å². The molecule has 0 bridgehead atoms. The number of ether oxygens (including phenoxy) is 2. The maximum atomic E-state index is 9.21. The molecule has 2 rings (SSSR count). The van der Waals surface area contributed by atoms with Gasteiger partial charge in [0.2, 0.25) is 0 Å². The molecule has 0 heterocycles. The van der Waals surface area contributed by atoms with Gasteiger partial charge in [-0.3, -0.25) is 0 Å². The van der Waals surface area contributed by atoms with E-state index < -0.39 is 0 Å². The molecule has 5 nitrogen and oxygen atoms in total. The van der Waals surface area contributed by atoms with Gasteiger partial charge in [-0.05, 0) is 44.0 Å². The zero-order chi connectivity index (χ0) is 19.5. The van der Waals surface area contributed by atoms with Gasteiger partial charge in [0.15, 0.2) is 11.5 Å². The fraction of sp³-hybridized carbons (Fsp3) is 0.455. The maximum absolute atomic E-state index is 9.21. The van der Waals surface area contributed by atoms with Gasteiger partial charge in [-0.15, -0.1) is 0 Å². The minimum absolute atomic E-state index is 0.314. The average molecular weight is 373 g/mol. The van der Waals surface area contributed by atoms with Gasteiger partial charge in [-0.25, -0.2) is 0 Å². The average Bonchev–Trinajstić information content (AvgIpc) is 2.65. The molecule has 0 aliphatic heterocycles. The fourth-order valence-corrected chi connectivity index (χ4v) is 2.62. The number of aliphatic hydroxyl groups excluding tert-OH is 1. The van der Waals surface area contributed by atoms with Gasteiger partial charge < -0.3 is 25.2 Å². The number of hydrogen-bond acceptors (Lipinski definition) is 5. The summed E-state index contributed by atoms with van der Waals surface area (Å²) in [6.07, 6.45) is -0.314. The Kier molecular flexibility index (Phi) is 9.11. The molecule has 2 aromatic carbocycles. The van der Waals surface area contributed by atoms with Crippen LogP contribution in [0.15, 0.2) is 42.5 Å². The van der Waals surface area contributed by atoms with Crippen molar-refractivity contribution in [2.75, 3.05) is 26.2 Å². The number of aryl methyl sites for hydroxylation is 1. The van der Waals surface area contributed by atoms with Crippen molar-refractivity contribution in [1.29, 1.82) is 0 Å². The molecule has 0 aliphatic carbocycles. The molecule has 0 aliphatic rings. The predicted molar refractivity (Wildman–Crippen MR) is 109 cm³/mol. The van der Waals surface area contributed by atoms with Gasteiger partial charge in [-0.2, -0.15) is 0 Å². The van der Waals surface area contributed by atoms with Crippen molar-refractivity contribution in [3.8, 4) is 11.5 Å². The minimum Gasteiger partial charge on any atom is -0.490 e. The van der Waals surface area contributed by atoms with E-state index in [4.69, 9.17) is 9.47 Å². The summed E-state index contributed by atoms with van der Waals surface area (Å²) in [7, 11) is 0. The summed E-state index contributed by atoms with van der Waals surface area (Å²) in [6.45, 7) is 9.98. The summed E-state index contributed by atoms with van der Waals surface area (Å²) in [5.41, 5.74) is 3.53. The molecule has 3 N–H and O–H groups in total. The summed E-state index contributed by atoms with van der Waals surface area (Å²) in [6, 6.07) is 14.4. The van der Waals surface area contributed by atoms with Crippen molar-refractivity contribution in [1.82, 2.24) is 10.6 Å². The zero-order valence-electron chi connectivity index (χ0n) is 16.6. The van der Waals surface area contributed by atoms with Crippen LogP contribution in [-0.2, 0) is 13.2 Å². The maximum Gasteiger partial charge on any atom is 0.161 e. The molecule has 0 saturated heterocycles. The molecule has 0 amide bonds. The van der Waals surface area contributed by atoms with Gasteiger partial charge in [-0.1, -0.05) is 35.9 Å². The van der Waals surface area contributed by atoms with Crippen molar-refractivity contribution in [2.24, 2.45) is 0 Å². The second-order valence-corrected chi connectivity index (χ2v) is 6.72. The Morgan fingerprint density at radius 3 is 2.33 bits per heavy atom. The smallest absolute Gasteiger partial charge is 0.161 e. The Hall–Kier alpha value is -2.08. The Morgan fingerprint density at radius 1 is 0.926 bits per heavy atom. The quantitative estimate of drug-likeness (QED) is 0.500. The molecule has 1 unspecified atom stereocenters. The molecule has 0 aromatic heterocycles. The molecule has 0 fully saturated rings. The van der Waals surface area contributed by atoms with Gasteiger partial charge in [0.05, 0.1) is 12.7 Å². The van der Waals surface area contributed by atoms with E-state index in [1.54, 1.807) is 6.92 Å². The largest absolute Gasteiger partial charge is 0.490 e. The van der Waals surface area contributed by atoms with Crippen LogP contribution in [0.1, 0.15) is 30.5 Å². The van der Waals surface area contributed by atoms with Crippen LogP contribution < -0.4 is 20.1 Å². The van der Waals surface area contributed by atoms with Crippen LogP contribution in [-0.4, -0.2) is 37.5 Å². The summed E-state index contributed by atoms with van der Waals surface area (Å²) in [5.74, 6) is 1.54. The Labute approximate surface area is 162 Å². The van der Waals surface area contributed by atoms with Crippen LogP contribution in [0.2, 0.25) is 0 Å². The highest BCUT2D eigenvalue weighted by Crippen LogP contribution is 2.29. The molecule has 27 heavy (non-hydrogen) atoms. The van der Waals surface area contributed by atoms with E-state index in [9.17, 15) is 5.11 Å². The second kappa shape index (κ2) is 11.6. The fourth-order valence-electron chi connectivity index (χ4n) is 2.62. The van der Waals surface area contributed by atoms with Crippen molar-refractivity contribution in [3.63, 3.8) is 0 Å². The number of nitrogens with one attached hydrogen (secondary N) is 2. The van der Waals surface area contributed by atoms with Crippen LogP contribution in [0.3, 0.4) is 0 Å². The van der Waals surface area contributed by atoms with Gasteiger partial charge in [0, 0.05) is 26.2 Å². The first-order chi connectivity index (χ1) is 13.1. The third-order valence-electron chi connectivity index (χ3n) is 4.07. The van der Waals surface area contributed by atoms with Crippen molar-refractivity contribution in [3.05, 3.63) is 59.2 Å². The molecular weight excluding hydrogens is 340 g/mol. The van der Waals surface area contributed by atoms with E-state index in [0.717, 1.165) is 42.3 Å². The highest BCUT2D eigenvalue weighted by atomic mass is 16.5. The molecule has 1 atom stereocenters. The highest BCUT2D eigenvalue weighted by Gasteiger charge is 2.07. The molecule has 0 saturated carbocycles. The summed E-state index contributed by atoms with van der Waals surface area (Å²) >= 11 is 0. The first-order valence-corrected chi connectivity index (χ1v) is 9.62. The number of benzene rings is 2. The van der Waals surface area contributed by atoms with Crippen LogP contribution >= 0.6 is 0 Å². The first-order valence-electron chi connectivity index (χ1n) is 9.62. The van der Waals surface area contributed by atoms with E-state index in [2.05, 4.69) is 47.9 Å². The highest BCUT2D eigenvalue weighted by molar-refractivity contribution is 5.43. The molecular formula is C22H32N2O3. The Balaban J connectivity index is 1.86. The second-order valence-electron chi connectivity index (χ2n) is 6.72. The minimum atomic E-state index is -0.314. The molecule has 0 spiro atoms. The molecule has 148 valence electrons. The van der Waals surface area contributed by atoms with Crippen molar-refractivity contribution in [2.45, 2.75) is 40.0 Å². The standard InChI is InChI=1S/C22H32N2O3/c1-4-26-22-13-20(15-24-12-11-23-14-18(3)25)9-10-21(22)27-16-19-7-5-17(2)6-8-19/h5-10,13,18,23-25H,4,11-12,14-16H2,1-3H3. The first kappa shape index (κ1) is 21.2. The van der Waals surface area contributed by atoms with E-state index in [-0.39, 0.29) is 6.10 Å². The van der Waals surface area contributed by atoms with Crippen LogP contribution in [0.5, 0.6) is 11.5 Å². The number of hydrogen-bond donors (Lipinski definition) is 3. The molecule has 5 heteroatoms. The Morgan fingerprint density at radius 2 is 1.63 bits per heavy atom. The normalized spacial score (nSPS) is 12.0. The third kappa shape index (κ3) is 7.99. The molecule has 2 aromatic rings. The van der Waals surface area contributed by atoms with Crippen molar-refractivity contribution < 1.29 is 14.6 Å². The summed E-state index contributed by atoms with van der Waals surface area (Å²) < 4.78 is 11.7. The SMILES string of the molecule is CCOc1cc(CNCCNCC(C)O)ccc1OCc1ccc(C)cc1. The predicted octanol–water partition coefficient (Wildman–Crippen LogP) is 3.03. The van der Waals surface area contributed by atoms with Crippen LogP contribution in [0, 0.1) is 6.92 Å². The van der Waals surface area contributed by atoms with Crippen LogP contribution in [0.25, 0.3) is 0 Å². The van der Waals surface area contributed by atoms with E-state index in [0.29, 0.717) is 19.8 Å². The van der Waals surface area contributed by atoms with E-state index in [1.165, 1.54) is 5.56 Å². The lowest BCUT2D eigenvalue weighted by Crippen LogP contribution is -2.31. The Bertz CT molecular complexity index is 672. The number of aliphatic hydroxyl groups is 1. The summed E-state index contributed by atoms with van der Waals surface area (Å²) in [4.78, 5) is 0.